The molecule has 0 aliphatic heterocycles. The van der Waals surface area contributed by atoms with Crippen LogP contribution in [0.3, 0.4) is 0 Å². The molecule has 0 amide bonds. The molecule has 33 heavy (non-hydrogen) atoms. The van der Waals surface area contributed by atoms with Gasteiger partial charge in [0.25, 0.3) is 0 Å². The van der Waals surface area contributed by atoms with Crippen molar-refractivity contribution in [1.82, 2.24) is 4.98 Å². The van der Waals surface area contributed by atoms with E-state index < -0.39 is 0 Å². The standard InChI is InChI=1S/C26H18ClN3O2S/c1-32-21-9-5-8-18(12-21)24-16-33-26(30-24)19(14-28)15-29-23-11-10-20(27)13-22(23)25(31)17-6-3-2-4-7-17/h2-13,15-16,29H,1H3. The van der Waals surface area contributed by atoms with Crippen LogP contribution in [-0.4, -0.2) is 17.9 Å². The Morgan fingerprint density at radius 3 is 2.70 bits per heavy atom. The Hall–Kier alpha value is -3.92. The lowest BCUT2D eigenvalue weighted by atomic mass is 10.0. The summed E-state index contributed by atoms with van der Waals surface area (Å²) >= 11 is 7.52. The molecule has 0 unspecified atom stereocenters. The minimum absolute atomic E-state index is 0.165. The number of carbonyl (C=O) groups excluding carboxylic acids is 1. The number of nitrogens with zero attached hydrogens (tertiary/aromatic N) is 2. The van der Waals surface area contributed by atoms with Crippen LogP contribution in [0.25, 0.3) is 16.8 Å². The summed E-state index contributed by atoms with van der Waals surface area (Å²) in [5.41, 5.74) is 3.51. The predicted octanol–water partition coefficient (Wildman–Crippen LogP) is 6.68. The summed E-state index contributed by atoms with van der Waals surface area (Å²) < 4.78 is 5.28. The van der Waals surface area contributed by atoms with Crippen LogP contribution in [0.1, 0.15) is 20.9 Å². The van der Waals surface area contributed by atoms with Gasteiger partial charge in [-0.3, -0.25) is 4.79 Å². The van der Waals surface area contributed by atoms with Gasteiger partial charge in [0.05, 0.1) is 12.8 Å². The van der Waals surface area contributed by atoms with Crippen molar-refractivity contribution >= 4 is 40.0 Å². The van der Waals surface area contributed by atoms with Crippen LogP contribution in [0.2, 0.25) is 5.02 Å². The predicted molar refractivity (Wildman–Crippen MR) is 133 cm³/mol. The molecule has 1 N–H and O–H groups in total. The molecular formula is C26H18ClN3O2S. The van der Waals surface area contributed by atoms with Gasteiger partial charge < -0.3 is 10.1 Å². The summed E-state index contributed by atoms with van der Waals surface area (Å²) in [4.78, 5) is 17.6. The van der Waals surface area contributed by atoms with Crippen molar-refractivity contribution in [3.05, 3.63) is 106 Å². The second kappa shape index (κ2) is 10.1. The Balaban J connectivity index is 1.62. The van der Waals surface area contributed by atoms with E-state index in [4.69, 9.17) is 16.3 Å². The minimum Gasteiger partial charge on any atom is -0.497 e. The summed E-state index contributed by atoms with van der Waals surface area (Å²) in [6.45, 7) is 0. The zero-order chi connectivity index (χ0) is 23.2. The van der Waals surface area contributed by atoms with E-state index in [1.54, 1.807) is 55.8 Å². The molecule has 0 radical (unpaired) electrons. The second-order valence-corrected chi connectivity index (χ2v) is 8.26. The number of nitrogens with one attached hydrogen (secondary N) is 1. The van der Waals surface area contributed by atoms with Gasteiger partial charge in [-0.25, -0.2) is 4.98 Å². The third-order valence-corrected chi connectivity index (χ3v) is 5.97. The molecule has 162 valence electrons. The molecule has 0 fully saturated rings. The molecule has 5 nitrogen and oxygen atoms in total. The van der Waals surface area contributed by atoms with Gasteiger partial charge in [0, 0.05) is 39.0 Å². The molecule has 0 bridgehead atoms. The summed E-state index contributed by atoms with van der Waals surface area (Å²) in [5, 5.41) is 15.7. The quantitative estimate of drug-likeness (QED) is 0.240. The average molecular weight is 472 g/mol. The van der Waals surface area contributed by atoms with Gasteiger partial charge in [-0.15, -0.1) is 11.3 Å². The lowest BCUT2D eigenvalue weighted by Crippen LogP contribution is -2.05. The average Bonchev–Trinajstić information content (AvgIpc) is 3.35. The molecule has 7 heteroatoms. The van der Waals surface area contributed by atoms with E-state index in [0.717, 1.165) is 17.0 Å². The highest BCUT2D eigenvalue weighted by molar-refractivity contribution is 7.11. The molecule has 0 aliphatic carbocycles. The van der Waals surface area contributed by atoms with Crippen molar-refractivity contribution in [3.8, 4) is 23.1 Å². The largest absolute Gasteiger partial charge is 0.497 e. The van der Waals surface area contributed by atoms with Crippen LogP contribution in [0.5, 0.6) is 5.75 Å². The van der Waals surface area contributed by atoms with Crippen molar-refractivity contribution < 1.29 is 9.53 Å². The number of allylic oxidation sites excluding steroid dienone is 1. The van der Waals surface area contributed by atoms with Crippen molar-refractivity contribution in [1.29, 1.82) is 5.26 Å². The van der Waals surface area contributed by atoms with Crippen LogP contribution in [0.4, 0.5) is 5.69 Å². The number of benzene rings is 3. The molecule has 0 spiro atoms. The van der Waals surface area contributed by atoms with Crippen molar-refractivity contribution in [2.24, 2.45) is 0 Å². The third-order valence-electron chi connectivity index (χ3n) is 4.85. The first-order valence-corrected chi connectivity index (χ1v) is 11.2. The number of nitriles is 1. The van der Waals surface area contributed by atoms with E-state index in [1.165, 1.54) is 11.3 Å². The normalized spacial score (nSPS) is 11.0. The van der Waals surface area contributed by atoms with Crippen LogP contribution >= 0.6 is 22.9 Å². The van der Waals surface area contributed by atoms with Crippen LogP contribution < -0.4 is 10.1 Å². The Morgan fingerprint density at radius 1 is 1.12 bits per heavy atom. The summed E-state index contributed by atoms with van der Waals surface area (Å²) in [6.07, 6.45) is 1.55. The molecule has 1 heterocycles. The minimum atomic E-state index is -0.165. The first-order chi connectivity index (χ1) is 16.1. The number of halogens is 1. The van der Waals surface area contributed by atoms with E-state index in [1.807, 2.05) is 35.7 Å². The van der Waals surface area contributed by atoms with Crippen LogP contribution in [-0.2, 0) is 0 Å². The fraction of sp³-hybridized carbons (Fsp3) is 0.0385. The van der Waals surface area contributed by atoms with Crippen molar-refractivity contribution in [2.75, 3.05) is 12.4 Å². The number of thiazole rings is 1. The Kier molecular flexibility index (Phi) is 6.84. The van der Waals surface area contributed by atoms with E-state index in [9.17, 15) is 10.1 Å². The highest BCUT2D eigenvalue weighted by atomic mass is 35.5. The molecule has 0 aliphatic rings. The molecule has 0 saturated carbocycles. The number of anilines is 1. The monoisotopic (exact) mass is 471 g/mol. The number of aromatic nitrogens is 1. The molecular weight excluding hydrogens is 454 g/mol. The van der Waals surface area contributed by atoms with E-state index in [2.05, 4.69) is 16.4 Å². The zero-order valence-electron chi connectivity index (χ0n) is 17.6. The number of hydrogen-bond donors (Lipinski definition) is 1. The topological polar surface area (TPSA) is 75.0 Å². The first-order valence-electron chi connectivity index (χ1n) is 9.95. The van der Waals surface area contributed by atoms with Crippen LogP contribution in [0, 0.1) is 11.3 Å². The molecule has 1 aromatic heterocycles. The van der Waals surface area contributed by atoms with Gasteiger partial charge in [-0.2, -0.15) is 5.26 Å². The van der Waals surface area contributed by atoms with E-state index >= 15 is 0 Å². The lowest BCUT2D eigenvalue weighted by Gasteiger charge is -2.10. The zero-order valence-corrected chi connectivity index (χ0v) is 19.2. The van der Waals surface area contributed by atoms with Crippen molar-refractivity contribution in [3.63, 3.8) is 0 Å². The summed E-state index contributed by atoms with van der Waals surface area (Å²) in [6, 6.07) is 23.7. The number of carbonyl (C=O) groups is 1. The SMILES string of the molecule is COc1cccc(-c2csc(C(C#N)=CNc3ccc(Cl)cc3C(=O)c3ccccc3)n2)c1. The number of rotatable bonds is 7. The number of ketones is 1. The Morgan fingerprint density at radius 2 is 1.94 bits per heavy atom. The van der Waals surface area contributed by atoms with E-state index in [-0.39, 0.29) is 5.78 Å². The highest BCUT2D eigenvalue weighted by Gasteiger charge is 2.15. The van der Waals surface area contributed by atoms with Gasteiger partial charge >= 0.3 is 0 Å². The number of ether oxygens (including phenoxy) is 1. The molecule has 4 rings (SSSR count). The number of methoxy groups -OCH3 is 1. The van der Waals surface area contributed by atoms with E-state index in [0.29, 0.717) is 32.4 Å². The van der Waals surface area contributed by atoms with Gasteiger partial charge in [-0.1, -0.05) is 54.1 Å². The fourth-order valence-electron chi connectivity index (χ4n) is 3.18. The molecule has 0 atom stereocenters. The highest BCUT2D eigenvalue weighted by Crippen LogP contribution is 2.29. The van der Waals surface area contributed by atoms with Gasteiger partial charge in [0.15, 0.2) is 5.78 Å². The first kappa shape index (κ1) is 22.3. The van der Waals surface area contributed by atoms with Crippen molar-refractivity contribution in [2.45, 2.75) is 0 Å². The Bertz CT molecular complexity index is 1370. The number of hydrogen-bond acceptors (Lipinski definition) is 6. The maximum atomic E-state index is 13.0. The Labute approximate surface area is 200 Å². The fourth-order valence-corrected chi connectivity index (χ4v) is 4.15. The third kappa shape index (κ3) is 5.12. The lowest BCUT2D eigenvalue weighted by molar-refractivity contribution is 0.103. The maximum Gasteiger partial charge on any atom is 0.195 e. The smallest absolute Gasteiger partial charge is 0.195 e. The van der Waals surface area contributed by atoms with Gasteiger partial charge in [0.2, 0.25) is 0 Å². The van der Waals surface area contributed by atoms with Crippen LogP contribution in [0.15, 0.2) is 84.4 Å². The molecule has 4 aromatic rings. The molecule has 0 saturated heterocycles. The summed E-state index contributed by atoms with van der Waals surface area (Å²) in [7, 11) is 1.61. The van der Waals surface area contributed by atoms with Gasteiger partial charge in [0.1, 0.15) is 22.4 Å². The maximum absolute atomic E-state index is 13.0. The van der Waals surface area contributed by atoms with Gasteiger partial charge in [-0.05, 0) is 30.3 Å². The molecule has 3 aromatic carbocycles. The second-order valence-electron chi connectivity index (χ2n) is 6.97. The summed E-state index contributed by atoms with van der Waals surface area (Å²) in [5.74, 6) is 0.570.